The maximum Gasteiger partial charge on any atom is 0.0641 e. The zero-order chi connectivity index (χ0) is 9.84. The summed E-state index contributed by atoms with van der Waals surface area (Å²) < 4.78 is 7.41. The van der Waals surface area contributed by atoms with Crippen molar-refractivity contribution >= 4 is 0 Å². The number of hydrogen-bond acceptors (Lipinski definition) is 1. The van der Waals surface area contributed by atoms with Gasteiger partial charge in [0.05, 0.1) is 6.61 Å². The third kappa shape index (κ3) is 2.34. The van der Waals surface area contributed by atoms with Crippen molar-refractivity contribution in [3.63, 3.8) is 0 Å². The van der Waals surface area contributed by atoms with Gasteiger partial charge in [-0.25, -0.2) is 0 Å². The lowest BCUT2D eigenvalue weighted by Gasteiger charge is -2.13. The molecule has 13 heavy (non-hydrogen) atoms. The third-order valence-corrected chi connectivity index (χ3v) is 2.34. The van der Waals surface area contributed by atoms with Gasteiger partial charge in [0.1, 0.15) is 0 Å². The Hall–Kier alpha value is -0.760. The van der Waals surface area contributed by atoms with Crippen molar-refractivity contribution in [1.82, 2.24) is 4.57 Å². The molecular weight excluding hydrogens is 162 g/mol. The molecule has 0 spiro atoms. The van der Waals surface area contributed by atoms with Gasteiger partial charge in [-0.15, -0.1) is 0 Å². The number of hydrogen-bond donors (Lipinski definition) is 0. The van der Waals surface area contributed by atoms with E-state index in [0.717, 1.165) is 13.2 Å². The fourth-order valence-corrected chi connectivity index (χ4v) is 1.58. The second-order valence-corrected chi connectivity index (χ2v) is 3.70. The predicted octanol–water partition coefficient (Wildman–Crippen LogP) is 2.57. The smallest absolute Gasteiger partial charge is 0.0641 e. The van der Waals surface area contributed by atoms with E-state index in [1.807, 2.05) is 0 Å². The second-order valence-electron chi connectivity index (χ2n) is 3.70. The van der Waals surface area contributed by atoms with Crippen LogP contribution >= 0.6 is 0 Å². The highest BCUT2D eigenvalue weighted by Gasteiger charge is 2.07. The summed E-state index contributed by atoms with van der Waals surface area (Å²) in [6.45, 7) is 8.33. The van der Waals surface area contributed by atoms with Crippen LogP contribution in [0.2, 0.25) is 0 Å². The van der Waals surface area contributed by atoms with Crippen molar-refractivity contribution in [3.8, 4) is 0 Å². The van der Waals surface area contributed by atoms with Gasteiger partial charge in [-0.05, 0) is 25.0 Å². The fourth-order valence-electron chi connectivity index (χ4n) is 1.58. The van der Waals surface area contributed by atoms with Crippen molar-refractivity contribution in [2.75, 3.05) is 13.7 Å². The van der Waals surface area contributed by atoms with Crippen LogP contribution in [-0.4, -0.2) is 18.3 Å². The highest BCUT2D eigenvalue weighted by molar-refractivity contribution is 5.17. The molecular formula is C11H19NO. The summed E-state index contributed by atoms with van der Waals surface area (Å²) in [6.07, 6.45) is 0. The van der Waals surface area contributed by atoms with E-state index < -0.39 is 0 Å². The predicted molar refractivity (Wildman–Crippen MR) is 55.1 cm³/mol. The molecule has 1 aromatic rings. The molecule has 0 atom stereocenters. The number of methoxy groups -OCH3 is 1. The molecule has 0 aromatic carbocycles. The van der Waals surface area contributed by atoms with E-state index >= 15 is 0 Å². The molecule has 0 fully saturated rings. The molecule has 2 heteroatoms. The van der Waals surface area contributed by atoms with E-state index in [1.54, 1.807) is 7.11 Å². The van der Waals surface area contributed by atoms with E-state index in [9.17, 15) is 0 Å². The van der Waals surface area contributed by atoms with Crippen LogP contribution < -0.4 is 0 Å². The van der Waals surface area contributed by atoms with Gasteiger partial charge >= 0.3 is 0 Å². The highest BCUT2D eigenvalue weighted by atomic mass is 16.5. The average Bonchev–Trinajstić information content (AvgIpc) is 2.43. The van der Waals surface area contributed by atoms with Crippen LogP contribution in [-0.2, 0) is 11.3 Å². The molecule has 1 aromatic heterocycles. The van der Waals surface area contributed by atoms with Crippen molar-refractivity contribution in [2.45, 2.75) is 33.2 Å². The Morgan fingerprint density at radius 2 is 2.08 bits per heavy atom. The third-order valence-electron chi connectivity index (χ3n) is 2.34. The van der Waals surface area contributed by atoms with Gasteiger partial charge in [-0.3, -0.25) is 0 Å². The first-order chi connectivity index (χ1) is 6.16. The van der Waals surface area contributed by atoms with Crippen LogP contribution in [0.15, 0.2) is 12.1 Å². The van der Waals surface area contributed by atoms with Crippen LogP contribution in [0.25, 0.3) is 0 Å². The Balaban J connectivity index is 2.82. The van der Waals surface area contributed by atoms with E-state index in [4.69, 9.17) is 4.74 Å². The molecule has 0 bridgehead atoms. The van der Waals surface area contributed by atoms with Crippen molar-refractivity contribution in [3.05, 3.63) is 23.5 Å². The number of rotatable bonds is 4. The molecule has 0 unspecified atom stereocenters. The molecule has 0 aliphatic rings. The molecule has 0 N–H and O–H groups in total. The van der Waals surface area contributed by atoms with Crippen molar-refractivity contribution in [1.29, 1.82) is 0 Å². The zero-order valence-electron chi connectivity index (χ0n) is 9.00. The lowest BCUT2D eigenvalue weighted by Crippen LogP contribution is -2.10. The van der Waals surface area contributed by atoms with Crippen LogP contribution in [0.1, 0.15) is 31.2 Å². The van der Waals surface area contributed by atoms with Crippen molar-refractivity contribution in [2.24, 2.45) is 0 Å². The molecule has 0 saturated carbocycles. The Morgan fingerprint density at radius 1 is 1.38 bits per heavy atom. The number of aryl methyl sites for hydroxylation is 1. The first-order valence-electron chi connectivity index (χ1n) is 4.81. The quantitative estimate of drug-likeness (QED) is 0.696. The zero-order valence-corrected chi connectivity index (χ0v) is 9.00. The van der Waals surface area contributed by atoms with Crippen molar-refractivity contribution < 1.29 is 4.74 Å². The summed E-state index contributed by atoms with van der Waals surface area (Å²) >= 11 is 0. The molecule has 0 aliphatic carbocycles. The molecule has 0 amide bonds. The topological polar surface area (TPSA) is 14.2 Å². The highest BCUT2D eigenvalue weighted by Crippen LogP contribution is 2.17. The molecule has 0 aliphatic heterocycles. The number of ether oxygens (including phenoxy) is 1. The Labute approximate surface area is 80.5 Å². The summed E-state index contributed by atoms with van der Waals surface area (Å²) in [4.78, 5) is 0. The lowest BCUT2D eigenvalue weighted by molar-refractivity contribution is 0.185. The van der Waals surface area contributed by atoms with E-state index in [1.165, 1.54) is 11.4 Å². The van der Waals surface area contributed by atoms with Gasteiger partial charge in [-0.2, -0.15) is 0 Å². The van der Waals surface area contributed by atoms with E-state index in [0.29, 0.717) is 5.92 Å². The van der Waals surface area contributed by atoms with Gasteiger partial charge in [0.25, 0.3) is 0 Å². The largest absolute Gasteiger partial charge is 0.383 e. The molecule has 1 heterocycles. The minimum Gasteiger partial charge on any atom is -0.383 e. The summed E-state index contributed by atoms with van der Waals surface area (Å²) in [7, 11) is 1.74. The maximum absolute atomic E-state index is 5.08. The van der Waals surface area contributed by atoms with Gasteiger partial charge in [0, 0.05) is 25.0 Å². The standard InChI is InChI=1S/C11H19NO/c1-9(2)11-6-5-10(3)12(11)7-8-13-4/h5-6,9H,7-8H2,1-4H3. The lowest BCUT2D eigenvalue weighted by atomic mass is 10.1. The molecule has 0 saturated heterocycles. The maximum atomic E-state index is 5.08. The SMILES string of the molecule is COCCn1c(C)ccc1C(C)C. The summed E-state index contributed by atoms with van der Waals surface area (Å²) in [5, 5.41) is 0. The van der Waals surface area contributed by atoms with Gasteiger partial charge in [0.2, 0.25) is 0 Å². The minimum absolute atomic E-state index is 0.588. The number of aromatic nitrogens is 1. The van der Waals surface area contributed by atoms with Gasteiger partial charge < -0.3 is 9.30 Å². The number of nitrogens with zero attached hydrogens (tertiary/aromatic N) is 1. The van der Waals surface area contributed by atoms with Crippen LogP contribution in [0.3, 0.4) is 0 Å². The minimum atomic E-state index is 0.588. The molecule has 0 radical (unpaired) electrons. The molecule has 1 rings (SSSR count). The molecule has 74 valence electrons. The van der Waals surface area contributed by atoms with Gasteiger partial charge in [0.15, 0.2) is 0 Å². The Bertz CT molecular complexity index is 263. The first-order valence-corrected chi connectivity index (χ1v) is 4.81. The second kappa shape index (κ2) is 4.47. The summed E-state index contributed by atoms with van der Waals surface area (Å²) in [6, 6.07) is 4.38. The fraction of sp³-hybridized carbons (Fsp3) is 0.636. The summed E-state index contributed by atoms with van der Waals surface area (Å²) in [5.41, 5.74) is 2.72. The monoisotopic (exact) mass is 181 g/mol. The Morgan fingerprint density at radius 3 is 2.62 bits per heavy atom. The van der Waals surface area contributed by atoms with Crippen LogP contribution in [0, 0.1) is 6.92 Å². The molecule has 2 nitrogen and oxygen atoms in total. The van der Waals surface area contributed by atoms with E-state index in [-0.39, 0.29) is 0 Å². The van der Waals surface area contributed by atoms with Crippen LogP contribution in [0.4, 0.5) is 0 Å². The first kappa shape index (κ1) is 10.3. The Kier molecular flexibility index (Phi) is 3.55. The average molecular weight is 181 g/mol. The van der Waals surface area contributed by atoms with Gasteiger partial charge in [-0.1, -0.05) is 13.8 Å². The van der Waals surface area contributed by atoms with E-state index in [2.05, 4.69) is 37.5 Å². The normalized spacial score (nSPS) is 11.2. The summed E-state index contributed by atoms with van der Waals surface area (Å²) in [5.74, 6) is 0.588. The van der Waals surface area contributed by atoms with Crippen LogP contribution in [0.5, 0.6) is 0 Å².